The molecule has 2 aromatic carbocycles. The number of ketones is 1. The van der Waals surface area contributed by atoms with Crippen LogP contribution in [-0.4, -0.2) is 5.78 Å². The third-order valence-corrected chi connectivity index (χ3v) is 3.16. The number of benzene rings is 2. The van der Waals surface area contributed by atoms with Crippen molar-refractivity contribution in [3.8, 4) is 0 Å². The Labute approximate surface area is 106 Å². The highest BCUT2D eigenvalue weighted by atomic mass is 19.1. The number of carbonyl (C=O) groups excluding carboxylic acids is 1. The van der Waals surface area contributed by atoms with Crippen molar-refractivity contribution in [1.82, 2.24) is 0 Å². The normalized spacial score (nSPS) is 12.2. The van der Waals surface area contributed by atoms with E-state index in [-0.39, 0.29) is 17.5 Å². The third-order valence-electron chi connectivity index (χ3n) is 3.16. The number of halogens is 1. The summed E-state index contributed by atoms with van der Waals surface area (Å²) in [6.45, 7) is 3.49. The summed E-state index contributed by atoms with van der Waals surface area (Å²) in [7, 11) is 0. The molecule has 0 fully saturated rings. The zero-order chi connectivity index (χ0) is 13.1. The molecule has 1 nitrogen and oxygen atoms in total. The van der Waals surface area contributed by atoms with E-state index in [9.17, 15) is 9.18 Å². The molecule has 0 aliphatic carbocycles. The molecular formula is C16H15FO. The molecule has 0 bridgehead atoms. The van der Waals surface area contributed by atoms with Gasteiger partial charge in [-0.25, -0.2) is 4.39 Å². The molecule has 0 saturated carbocycles. The number of carbonyl (C=O) groups is 1. The maximum absolute atomic E-state index is 13.4. The summed E-state index contributed by atoms with van der Waals surface area (Å²) >= 11 is 0. The molecule has 1 atom stereocenters. The molecule has 2 heteroatoms. The standard InChI is InChI=1S/C16H15FO/c1-11(13-6-4-3-5-7-13)16-10-14(17)8-9-15(16)12(2)18/h3-11H,1-2H3. The second kappa shape index (κ2) is 5.13. The van der Waals surface area contributed by atoms with E-state index >= 15 is 0 Å². The van der Waals surface area contributed by atoms with Crippen LogP contribution < -0.4 is 0 Å². The lowest BCUT2D eigenvalue weighted by molar-refractivity contribution is 0.101. The van der Waals surface area contributed by atoms with Gasteiger partial charge in [0, 0.05) is 11.5 Å². The molecule has 0 aromatic heterocycles. The fraction of sp³-hybridized carbons (Fsp3) is 0.188. The Kier molecular flexibility index (Phi) is 3.56. The second-order valence-electron chi connectivity index (χ2n) is 4.42. The monoisotopic (exact) mass is 242 g/mol. The Bertz CT molecular complexity index is 561. The Morgan fingerprint density at radius 1 is 1.11 bits per heavy atom. The van der Waals surface area contributed by atoms with Gasteiger partial charge in [-0.2, -0.15) is 0 Å². The van der Waals surface area contributed by atoms with Gasteiger partial charge >= 0.3 is 0 Å². The van der Waals surface area contributed by atoms with Crippen LogP contribution in [0.1, 0.15) is 41.3 Å². The minimum atomic E-state index is -0.308. The molecule has 0 N–H and O–H groups in total. The van der Waals surface area contributed by atoms with Gasteiger partial charge < -0.3 is 0 Å². The Morgan fingerprint density at radius 2 is 1.78 bits per heavy atom. The van der Waals surface area contributed by atoms with Crippen LogP contribution in [0.2, 0.25) is 0 Å². The predicted molar refractivity (Wildman–Crippen MR) is 70.4 cm³/mol. The highest BCUT2D eigenvalue weighted by Gasteiger charge is 2.15. The van der Waals surface area contributed by atoms with E-state index < -0.39 is 0 Å². The number of hydrogen-bond donors (Lipinski definition) is 0. The molecular weight excluding hydrogens is 227 g/mol. The van der Waals surface area contributed by atoms with E-state index in [4.69, 9.17) is 0 Å². The maximum Gasteiger partial charge on any atom is 0.160 e. The third kappa shape index (κ3) is 2.48. The smallest absolute Gasteiger partial charge is 0.160 e. The van der Waals surface area contributed by atoms with Crippen molar-refractivity contribution in [3.05, 3.63) is 71.0 Å². The van der Waals surface area contributed by atoms with Gasteiger partial charge in [-0.05, 0) is 36.2 Å². The van der Waals surface area contributed by atoms with Crippen LogP contribution in [-0.2, 0) is 0 Å². The molecule has 0 saturated heterocycles. The SMILES string of the molecule is CC(=O)c1ccc(F)cc1C(C)c1ccccc1. The van der Waals surface area contributed by atoms with Crippen LogP contribution in [0.3, 0.4) is 0 Å². The molecule has 18 heavy (non-hydrogen) atoms. The Hall–Kier alpha value is -1.96. The summed E-state index contributed by atoms with van der Waals surface area (Å²) in [5.41, 5.74) is 2.41. The van der Waals surface area contributed by atoms with Crippen molar-refractivity contribution in [1.29, 1.82) is 0 Å². The second-order valence-corrected chi connectivity index (χ2v) is 4.42. The average molecular weight is 242 g/mol. The first-order valence-corrected chi connectivity index (χ1v) is 5.95. The highest BCUT2D eigenvalue weighted by Crippen LogP contribution is 2.27. The first kappa shape index (κ1) is 12.5. The quantitative estimate of drug-likeness (QED) is 0.738. The molecule has 0 aliphatic rings. The molecule has 0 heterocycles. The van der Waals surface area contributed by atoms with Crippen molar-refractivity contribution < 1.29 is 9.18 Å². The summed E-state index contributed by atoms with van der Waals surface area (Å²) < 4.78 is 13.4. The van der Waals surface area contributed by atoms with Crippen LogP contribution in [0.25, 0.3) is 0 Å². The van der Waals surface area contributed by atoms with E-state index in [0.29, 0.717) is 5.56 Å². The van der Waals surface area contributed by atoms with E-state index in [1.54, 1.807) is 6.07 Å². The summed E-state index contributed by atoms with van der Waals surface area (Å²) in [6.07, 6.45) is 0. The fourth-order valence-corrected chi connectivity index (χ4v) is 2.13. The van der Waals surface area contributed by atoms with Crippen LogP contribution in [0.5, 0.6) is 0 Å². The molecule has 0 spiro atoms. The molecule has 2 aromatic rings. The topological polar surface area (TPSA) is 17.1 Å². The van der Waals surface area contributed by atoms with Crippen molar-refractivity contribution in [2.24, 2.45) is 0 Å². The van der Waals surface area contributed by atoms with Crippen molar-refractivity contribution in [3.63, 3.8) is 0 Å². The lowest BCUT2D eigenvalue weighted by Crippen LogP contribution is -2.05. The minimum Gasteiger partial charge on any atom is -0.295 e. The summed E-state index contributed by atoms with van der Waals surface area (Å²) in [5.74, 6) is -0.341. The van der Waals surface area contributed by atoms with Crippen LogP contribution in [0.15, 0.2) is 48.5 Å². The van der Waals surface area contributed by atoms with E-state index in [1.807, 2.05) is 37.3 Å². The molecule has 0 amide bonds. The highest BCUT2D eigenvalue weighted by molar-refractivity contribution is 5.95. The molecule has 1 unspecified atom stereocenters. The molecule has 2 rings (SSSR count). The molecule has 0 radical (unpaired) electrons. The van der Waals surface area contributed by atoms with E-state index in [0.717, 1.165) is 11.1 Å². The summed E-state index contributed by atoms with van der Waals surface area (Å²) in [6, 6.07) is 14.1. The summed E-state index contributed by atoms with van der Waals surface area (Å²) in [4.78, 5) is 11.6. The van der Waals surface area contributed by atoms with Gasteiger partial charge in [0.25, 0.3) is 0 Å². The van der Waals surface area contributed by atoms with Gasteiger partial charge in [0.2, 0.25) is 0 Å². The van der Waals surface area contributed by atoms with Gasteiger partial charge in [0.15, 0.2) is 5.78 Å². The van der Waals surface area contributed by atoms with Crippen LogP contribution in [0.4, 0.5) is 4.39 Å². The maximum atomic E-state index is 13.4. The number of Topliss-reactive ketones (excluding diaryl/α,β-unsaturated/α-hetero) is 1. The first-order chi connectivity index (χ1) is 8.59. The summed E-state index contributed by atoms with van der Waals surface area (Å²) in [5, 5.41) is 0. The minimum absolute atomic E-state index is 0.000741. The van der Waals surface area contributed by atoms with E-state index in [2.05, 4.69) is 0 Å². The zero-order valence-electron chi connectivity index (χ0n) is 10.5. The van der Waals surface area contributed by atoms with Crippen LogP contribution in [0, 0.1) is 5.82 Å². The predicted octanol–water partition coefficient (Wildman–Crippen LogP) is 4.18. The number of hydrogen-bond acceptors (Lipinski definition) is 1. The van der Waals surface area contributed by atoms with Gasteiger partial charge in [-0.1, -0.05) is 37.3 Å². The van der Waals surface area contributed by atoms with E-state index in [1.165, 1.54) is 19.1 Å². The first-order valence-electron chi connectivity index (χ1n) is 5.95. The fourth-order valence-electron chi connectivity index (χ4n) is 2.13. The molecule has 0 aliphatic heterocycles. The van der Waals surface area contributed by atoms with Gasteiger partial charge in [0.1, 0.15) is 5.82 Å². The zero-order valence-corrected chi connectivity index (χ0v) is 10.5. The van der Waals surface area contributed by atoms with Crippen molar-refractivity contribution in [2.45, 2.75) is 19.8 Å². The lowest BCUT2D eigenvalue weighted by Gasteiger charge is -2.15. The molecule has 92 valence electrons. The lowest BCUT2D eigenvalue weighted by atomic mass is 9.88. The Balaban J connectivity index is 2.50. The largest absolute Gasteiger partial charge is 0.295 e. The van der Waals surface area contributed by atoms with Gasteiger partial charge in [-0.3, -0.25) is 4.79 Å². The average Bonchev–Trinajstić information content (AvgIpc) is 2.38. The van der Waals surface area contributed by atoms with Crippen molar-refractivity contribution >= 4 is 5.78 Å². The van der Waals surface area contributed by atoms with Gasteiger partial charge in [-0.15, -0.1) is 0 Å². The Morgan fingerprint density at radius 3 is 2.39 bits per heavy atom. The van der Waals surface area contributed by atoms with Crippen molar-refractivity contribution in [2.75, 3.05) is 0 Å². The van der Waals surface area contributed by atoms with Gasteiger partial charge in [0.05, 0.1) is 0 Å². The number of rotatable bonds is 3. The van der Waals surface area contributed by atoms with Crippen LogP contribution >= 0.6 is 0 Å².